The molecule has 0 unspecified atom stereocenters. The van der Waals surface area contributed by atoms with Crippen molar-refractivity contribution in [2.75, 3.05) is 32.6 Å². The lowest BCUT2D eigenvalue weighted by Crippen LogP contribution is -2.44. The normalized spacial score (nSPS) is 19.9. The Morgan fingerprint density at radius 2 is 1.89 bits per heavy atom. The second-order valence-corrected chi connectivity index (χ2v) is 5.33. The first-order valence-corrected chi connectivity index (χ1v) is 7.23. The monoisotopic (exact) mass is 267 g/mol. The molecule has 0 aromatic heterocycles. The summed E-state index contributed by atoms with van der Waals surface area (Å²) in [6.45, 7) is 3.30. The molecule has 0 saturated carbocycles. The SMILES string of the molecule is COC1(c2ccccc2)CCN(CCCCl)CC1. The molecule has 1 aromatic carbocycles. The molecule has 0 amide bonds. The van der Waals surface area contributed by atoms with Gasteiger partial charge in [-0.25, -0.2) is 0 Å². The van der Waals surface area contributed by atoms with Crippen LogP contribution in [0, 0.1) is 0 Å². The van der Waals surface area contributed by atoms with Gasteiger partial charge in [0.15, 0.2) is 0 Å². The molecule has 3 heteroatoms. The number of hydrogen-bond donors (Lipinski definition) is 0. The minimum atomic E-state index is -0.0846. The van der Waals surface area contributed by atoms with Crippen LogP contribution in [-0.4, -0.2) is 37.5 Å². The lowest BCUT2D eigenvalue weighted by molar-refractivity contribution is -0.0623. The third-order valence-electron chi connectivity index (χ3n) is 3.96. The van der Waals surface area contributed by atoms with Gasteiger partial charge in [0.2, 0.25) is 0 Å². The second-order valence-electron chi connectivity index (χ2n) is 4.95. The summed E-state index contributed by atoms with van der Waals surface area (Å²) in [6, 6.07) is 10.6. The summed E-state index contributed by atoms with van der Waals surface area (Å²) in [7, 11) is 1.83. The maximum absolute atomic E-state index is 5.86. The van der Waals surface area contributed by atoms with Crippen molar-refractivity contribution in [3.8, 4) is 0 Å². The van der Waals surface area contributed by atoms with Crippen molar-refractivity contribution in [3.05, 3.63) is 35.9 Å². The third-order valence-corrected chi connectivity index (χ3v) is 4.23. The molecule has 1 heterocycles. The number of alkyl halides is 1. The smallest absolute Gasteiger partial charge is 0.0951 e. The van der Waals surface area contributed by atoms with E-state index in [0.717, 1.165) is 44.8 Å². The summed E-state index contributed by atoms with van der Waals surface area (Å²) in [5.74, 6) is 0.755. The Morgan fingerprint density at radius 1 is 1.22 bits per heavy atom. The zero-order valence-electron chi connectivity index (χ0n) is 11.1. The number of nitrogens with zero attached hydrogens (tertiary/aromatic N) is 1. The molecule has 0 aliphatic carbocycles. The molecule has 0 atom stereocenters. The average molecular weight is 268 g/mol. The Bertz CT molecular complexity index is 347. The summed E-state index contributed by atoms with van der Waals surface area (Å²) in [5.41, 5.74) is 1.23. The van der Waals surface area contributed by atoms with Gasteiger partial charge in [-0.1, -0.05) is 30.3 Å². The van der Waals surface area contributed by atoms with Crippen LogP contribution in [0.5, 0.6) is 0 Å². The molecule has 1 saturated heterocycles. The average Bonchev–Trinajstić information content (AvgIpc) is 2.46. The van der Waals surface area contributed by atoms with E-state index in [9.17, 15) is 0 Å². The molecule has 2 nitrogen and oxygen atoms in total. The van der Waals surface area contributed by atoms with Gasteiger partial charge in [-0.05, 0) is 31.4 Å². The van der Waals surface area contributed by atoms with Gasteiger partial charge < -0.3 is 9.64 Å². The fourth-order valence-electron chi connectivity index (χ4n) is 2.77. The topological polar surface area (TPSA) is 12.5 Å². The predicted molar refractivity (Wildman–Crippen MR) is 76.1 cm³/mol. The Balaban J connectivity index is 2.00. The first kappa shape index (κ1) is 13.9. The van der Waals surface area contributed by atoms with E-state index in [1.54, 1.807) is 0 Å². The number of methoxy groups -OCH3 is 1. The van der Waals surface area contributed by atoms with E-state index in [4.69, 9.17) is 16.3 Å². The molecule has 100 valence electrons. The number of likely N-dealkylation sites (tertiary alicyclic amines) is 1. The highest BCUT2D eigenvalue weighted by atomic mass is 35.5. The molecule has 2 rings (SSSR count). The van der Waals surface area contributed by atoms with E-state index in [-0.39, 0.29) is 5.60 Å². The van der Waals surface area contributed by atoms with Crippen molar-refractivity contribution in [2.45, 2.75) is 24.9 Å². The summed E-state index contributed by atoms with van der Waals surface area (Å²) < 4.78 is 5.86. The molecule has 0 radical (unpaired) electrons. The summed E-state index contributed by atoms with van der Waals surface area (Å²) >= 11 is 5.75. The van der Waals surface area contributed by atoms with Crippen LogP contribution in [0.3, 0.4) is 0 Å². The van der Waals surface area contributed by atoms with E-state index in [0.29, 0.717) is 0 Å². The van der Waals surface area contributed by atoms with Crippen molar-refractivity contribution >= 4 is 11.6 Å². The number of rotatable bonds is 5. The van der Waals surface area contributed by atoms with E-state index in [1.165, 1.54) is 5.56 Å². The van der Waals surface area contributed by atoms with Gasteiger partial charge >= 0.3 is 0 Å². The van der Waals surface area contributed by atoms with Crippen LogP contribution >= 0.6 is 11.6 Å². The van der Waals surface area contributed by atoms with Gasteiger partial charge in [-0.3, -0.25) is 0 Å². The maximum Gasteiger partial charge on any atom is 0.0951 e. The van der Waals surface area contributed by atoms with Crippen LogP contribution in [0.1, 0.15) is 24.8 Å². The molecule has 1 aliphatic heterocycles. The zero-order chi connectivity index (χ0) is 12.8. The minimum absolute atomic E-state index is 0.0846. The molecule has 1 aliphatic rings. The van der Waals surface area contributed by atoms with Gasteiger partial charge in [-0.15, -0.1) is 11.6 Å². The highest BCUT2D eigenvalue weighted by Crippen LogP contribution is 2.35. The lowest BCUT2D eigenvalue weighted by Gasteiger charge is -2.41. The standard InChI is InChI=1S/C15H22ClNO/c1-18-15(14-6-3-2-4-7-14)8-12-17(13-9-15)11-5-10-16/h2-4,6-7H,5,8-13H2,1H3. The van der Waals surface area contributed by atoms with Crippen LogP contribution in [0.2, 0.25) is 0 Å². The van der Waals surface area contributed by atoms with E-state index in [1.807, 2.05) is 7.11 Å². The molecule has 0 spiro atoms. The highest BCUT2D eigenvalue weighted by molar-refractivity contribution is 6.17. The van der Waals surface area contributed by atoms with Crippen LogP contribution in [-0.2, 0) is 10.3 Å². The quantitative estimate of drug-likeness (QED) is 0.760. The van der Waals surface area contributed by atoms with Gasteiger partial charge in [0.1, 0.15) is 0 Å². The fraction of sp³-hybridized carbons (Fsp3) is 0.600. The molecular weight excluding hydrogens is 246 g/mol. The van der Waals surface area contributed by atoms with Gasteiger partial charge in [0.05, 0.1) is 5.60 Å². The lowest BCUT2D eigenvalue weighted by atomic mass is 9.84. The highest BCUT2D eigenvalue weighted by Gasteiger charge is 2.35. The number of piperidine rings is 1. The van der Waals surface area contributed by atoms with E-state index >= 15 is 0 Å². The van der Waals surface area contributed by atoms with Crippen molar-refractivity contribution in [2.24, 2.45) is 0 Å². The van der Waals surface area contributed by atoms with Crippen molar-refractivity contribution < 1.29 is 4.74 Å². The second kappa shape index (κ2) is 6.55. The van der Waals surface area contributed by atoms with Crippen molar-refractivity contribution in [1.82, 2.24) is 4.90 Å². The molecule has 18 heavy (non-hydrogen) atoms. The van der Waals surface area contributed by atoms with Gasteiger partial charge in [0, 0.05) is 26.1 Å². The molecular formula is C15H22ClNO. The van der Waals surface area contributed by atoms with E-state index in [2.05, 4.69) is 35.2 Å². The Kier molecular flexibility index (Phi) is 5.04. The van der Waals surface area contributed by atoms with Gasteiger partial charge in [0.25, 0.3) is 0 Å². The molecule has 1 fully saturated rings. The van der Waals surface area contributed by atoms with Gasteiger partial charge in [-0.2, -0.15) is 0 Å². The first-order valence-electron chi connectivity index (χ1n) is 6.70. The molecule has 0 N–H and O–H groups in total. The van der Waals surface area contributed by atoms with Crippen LogP contribution in [0.4, 0.5) is 0 Å². The molecule has 1 aromatic rings. The number of benzene rings is 1. The van der Waals surface area contributed by atoms with E-state index < -0.39 is 0 Å². The fourth-order valence-corrected chi connectivity index (χ4v) is 2.89. The number of ether oxygens (including phenoxy) is 1. The molecule has 0 bridgehead atoms. The summed E-state index contributed by atoms with van der Waals surface area (Å²) in [6.07, 6.45) is 3.21. The predicted octanol–water partition coefficient (Wildman–Crippen LogP) is 3.25. The van der Waals surface area contributed by atoms with Crippen LogP contribution < -0.4 is 0 Å². The first-order chi connectivity index (χ1) is 8.80. The van der Waals surface area contributed by atoms with Crippen molar-refractivity contribution in [3.63, 3.8) is 0 Å². The van der Waals surface area contributed by atoms with Crippen LogP contribution in [0.25, 0.3) is 0 Å². The number of hydrogen-bond acceptors (Lipinski definition) is 2. The maximum atomic E-state index is 5.86. The Morgan fingerprint density at radius 3 is 2.44 bits per heavy atom. The Labute approximate surface area is 115 Å². The Hall–Kier alpha value is -0.570. The van der Waals surface area contributed by atoms with Crippen molar-refractivity contribution in [1.29, 1.82) is 0 Å². The third kappa shape index (κ3) is 3.05. The van der Waals surface area contributed by atoms with Crippen LogP contribution in [0.15, 0.2) is 30.3 Å². The summed E-state index contributed by atoms with van der Waals surface area (Å²) in [4.78, 5) is 2.49. The minimum Gasteiger partial charge on any atom is -0.373 e. The number of halogens is 1. The zero-order valence-corrected chi connectivity index (χ0v) is 11.8. The largest absolute Gasteiger partial charge is 0.373 e. The summed E-state index contributed by atoms with van der Waals surface area (Å²) in [5, 5.41) is 0.